The van der Waals surface area contributed by atoms with Crippen LogP contribution in [0.5, 0.6) is 0 Å². The van der Waals surface area contributed by atoms with Crippen LogP contribution in [0.3, 0.4) is 0 Å². The molecule has 0 aromatic heterocycles. The number of hydrogen-bond acceptors (Lipinski definition) is 1. The van der Waals surface area contributed by atoms with E-state index in [2.05, 4.69) is 0 Å². The molecule has 3 heteroatoms. The summed E-state index contributed by atoms with van der Waals surface area (Å²) in [5.74, 6) is 0. The number of hydrogen-bond donors (Lipinski definition) is 1. The van der Waals surface area contributed by atoms with E-state index in [1.54, 1.807) is 0 Å². The number of alkyl halides is 1. The van der Waals surface area contributed by atoms with Crippen LogP contribution in [0.4, 0.5) is 4.39 Å². The van der Waals surface area contributed by atoms with Crippen LogP contribution in [0.1, 0.15) is 25.7 Å². The molecule has 0 unspecified atom stereocenters. The van der Waals surface area contributed by atoms with E-state index in [1.807, 2.05) is 0 Å². The highest BCUT2D eigenvalue weighted by molar-refractivity contribution is 5.85. The quantitative estimate of drug-likeness (QED) is 0.668. The van der Waals surface area contributed by atoms with Crippen molar-refractivity contribution >= 4 is 12.4 Å². The molecule has 1 fully saturated rings. The number of halogens is 2. The van der Waals surface area contributed by atoms with Gasteiger partial charge in [0, 0.05) is 12.0 Å². The van der Waals surface area contributed by atoms with Gasteiger partial charge in [-0.05, 0) is 12.8 Å². The second-order valence-electron chi connectivity index (χ2n) is 3.04. The monoisotopic (exact) mass is 167 g/mol. The molecule has 1 aliphatic carbocycles. The summed E-state index contributed by atoms with van der Waals surface area (Å²) in [6.45, 7) is 0.312. The lowest BCUT2D eigenvalue weighted by atomic mass is 9.88. The van der Waals surface area contributed by atoms with Crippen molar-refractivity contribution < 1.29 is 4.39 Å². The fourth-order valence-corrected chi connectivity index (χ4v) is 1.52. The highest BCUT2D eigenvalue weighted by Gasteiger charge is 2.31. The summed E-state index contributed by atoms with van der Waals surface area (Å²) < 4.78 is 12.3. The van der Waals surface area contributed by atoms with Crippen molar-refractivity contribution in [1.29, 1.82) is 0 Å². The molecule has 0 spiro atoms. The molecule has 0 radical (unpaired) electrons. The Balaban J connectivity index is 0.000000810. The first-order valence-corrected chi connectivity index (χ1v) is 3.59. The summed E-state index contributed by atoms with van der Waals surface area (Å²) in [5.41, 5.74) is 5.33. The van der Waals surface area contributed by atoms with E-state index in [4.69, 9.17) is 5.73 Å². The van der Waals surface area contributed by atoms with Gasteiger partial charge in [0.15, 0.2) is 0 Å². The second kappa shape index (κ2) is 4.14. The smallest absolute Gasteiger partial charge is 0.0962 e. The molecule has 0 amide bonds. The average Bonchev–Trinajstić information content (AvgIpc) is 2.36. The van der Waals surface area contributed by atoms with Crippen molar-refractivity contribution in [3.05, 3.63) is 0 Å². The zero-order chi connectivity index (χ0) is 6.74. The van der Waals surface area contributed by atoms with Crippen LogP contribution in [-0.4, -0.2) is 13.2 Å². The molecule has 62 valence electrons. The normalized spacial score (nSPS) is 22.2. The zero-order valence-electron chi connectivity index (χ0n) is 6.11. The van der Waals surface area contributed by atoms with Gasteiger partial charge in [0.25, 0.3) is 0 Å². The van der Waals surface area contributed by atoms with Crippen molar-refractivity contribution in [2.24, 2.45) is 11.1 Å². The molecule has 0 heterocycles. The standard InChI is InChI=1S/C7H14FN.ClH/c8-5-7(6-9)3-1-2-4-7;/h1-6,9H2;1H. The molecule has 1 rings (SSSR count). The van der Waals surface area contributed by atoms with Gasteiger partial charge in [-0.1, -0.05) is 12.8 Å². The lowest BCUT2D eigenvalue weighted by Crippen LogP contribution is -2.29. The van der Waals surface area contributed by atoms with E-state index in [0.717, 1.165) is 12.8 Å². The molecule has 2 N–H and O–H groups in total. The third-order valence-electron chi connectivity index (χ3n) is 2.38. The fraction of sp³-hybridized carbons (Fsp3) is 1.00. The maximum absolute atomic E-state index is 12.3. The highest BCUT2D eigenvalue weighted by atomic mass is 35.5. The first-order chi connectivity index (χ1) is 4.33. The lowest BCUT2D eigenvalue weighted by molar-refractivity contribution is 0.222. The van der Waals surface area contributed by atoms with E-state index in [0.29, 0.717) is 6.54 Å². The van der Waals surface area contributed by atoms with Crippen molar-refractivity contribution in [3.63, 3.8) is 0 Å². The van der Waals surface area contributed by atoms with Gasteiger partial charge in [0.05, 0.1) is 6.67 Å². The molecular weight excluding hydrogens is 153 g/mol. The first-order valence-electron chi connectivity index (χ1n) is 3.59. The van der Waals surface area contributed by atoms with Crippen LogP contribution in [0.25, 0.3) is 0 Å². The number of nitrogens with two attached hydrogens (primary N) is 1. The van der Waals surface area contributed by atoms with Crippen molar-refractivity contribution in [2.45, 2.75) is 25.7 Å². The van der Waals surface area contributed by atoms with Crippen LogP contribution in [0.15, 0.2) is 0 Å². The van der Waals surface area contributed by atoms with Gasteiger partial charge in [-0.2, -0.15) is 0 Å². The fourth-order valence-electron chi connectivity index (χ4n) is 1.52. The predicted molar refractivity (Wildman–Crippen MR) is 43.2 cm³/mol. The van der Waals surface area contributed by atoms with E-state index >= 15 is 0 Å². The Bertz CT molecular complexity index is 85.6. The van der Waals surface area contributed by atoms with Crippen LogP contribution in [0, 0.1) is 5.41 Å². The maximum atomic E-state index is 12.3. The Kier molecular flexibility index (Phi) is 4.22. The Hall–Kier alpha value is 0.180. The summed E-state index contributed by atoms with van der Waals surface area (Å²) in [6, 6.07) is 0. The van der Waals surface area contributed by atoms with Gasteiger partial charge in [-0.3, -0.25) is 4.39 Å². The van der Waals surface area contributed by atoms with E-state index in [-0.39, 0.29) is 24.5 Å². The highest BCUT2D eigenvalue weighted by Crippen LogP contribution is 2.37. The minimum absolute atomic E-state index is 0. The molecule has 1 nitrogen and oxygen atoms in total. The van der Waals surface area contributed by atoms with Crippen LogP contribution < -0.4 is 5.73 Å². The Labute approximate surface area is 67.6 Å². The van der Waals surface area contributed by atoms with Crippen LogP contribution in [0.2, 0.25) is 0 Å². The minimum Gasteiger partial charge on any atom is -0.330 e. The van der Waals surface area contributed by atoms with Gasteiger partial charge in [0.1, 0.15) is 0 Å². The van der Waals surface area contributed by atoms with Crippen molar-refractivity contribution in [1.82, 2.24) is 0 Å². The molecule has 0 saturated heterocycles. The molecule has 10 heavy (non-hydrogen) atoms. The average molecular weight is 168 g/mol. The Morgan fingerprint density at radius 1 is 1.30 bits per heavy atom. The third-order valence-corrected chi connectivity index (χ3v) is 2.38. The zero-order valence-corrected chi connectivity index (χ0v) is 6.92. The molecule has 0 bridgehead atoms. The van der Waals surface area contributed by atoms with Crippen molar-refractivity contribution in [3.8, 4) is 0 Å². The maximum Gasteiger partial charge on any atom is 0.0962 e. The van der Waals surface area contributed by atoms with Gasteiger partial charge >= 0.3 is 0 Å². The van der Waals surface area contributed by atoms with Crippen LogP contribution >= 0.6 is 12.4 Å². The topological polar surface area (TPSA) is 26.0 Å². The SMILES string of the molecule is Cl.NCC1(CF)CCCC1. The first kappa shape index (κ1) is 10.2. The summed E-state index contributed by atoms with van der Waals surface area (Å²) in [7, 11) is 0. The second-order valence-corrected chi connectivity index (χ2v) is 3.04. The van der Waals surface area contributed by atoms with E-state index < -0.39 is 0 Å². The predicted octanol–water partition coefficient (Wildman–Crippen LogP) is 1.90. The molecule has 1 saturated carbocycles. The van der Waals surface area contributed by atoms with Gasteiger partial charge in [-0.15, -0.1) is 12.4 Å². The molecule has 0 aromatic rings. The summed E-state index contributed by atoms with van der Waals surface area (Å²) in [5, 5.41) is 0. The molecule has 0 aromatic carbocycles. The van der Waals surface area contributed by atoms with Crippen molar-refractivity contribution in [2.75, 3.05) is 13.2 Å². The summed E-state index contributed by atoms with van der Waals surface area (Å²) in [6.07, 6.45) is 4.34. The summed E-state index contributed by atoms with van der Waals surface area (Å²) >= 11 is 0. The van der Waals surface area contributed by atoms with E-state index in [9.17, 15) is 4.39 Å². The Morgan fingerprint density at radius 3 is 2.00 bits per heavy atom. The van der Waals surface area contributed by atoms with Gasteiger partial charge in [-0.25, -0.2) is 0 Å². The Morgan fingerprint density at radius 2 is 1.80 bits per heavy atom. The third kappa shape index (κ3) is 1.83. The van der Waals surface area contributed by atoms with E-state index in [1.165, 1.54) is 12.8 Å². The molecule has 0 atom stereocenters. The van der Waals surface area contributed by atoms with Gasteiger partial charge < -0.3 is 5.73 Å². The number of rotatable bonds is 2. The molecule has 0 aliphatic heterocycles. The van der Waals surface area contributed by atoms with Gasteiger partial charge in [0.2, 0.25) is 0 Å². The molecule has 1 aliphatic rings. The molecular formula is C7H15ClFN. The largest absolute Gasteiger partial charge is 0.330 e. The lowest BCUT2D eigenvalue weighted by Gasteiger charge is -2.21. The minimum atomic E-state index is -0.219. The van der Waals surface area contributed by atoms with Crippen LogP contribution in [-0.2, 0) is 0 Å². The summed E-state index contributed by atoms with van der Waals surface area (Å²) in [4.78, 5) is 0.